The first-order valence-electron chi connectivity index (χ1n) is 16.2. The lowest BCUT2D eigenvalue weighted by atomic mass is 10.0. The van der Waals surface area contributed by atoms with Crippen LogP contribution < -0.4 is 15.4 Å². The molecule has 3 fully saturated rings. The van der Waals surface area contributed by atoms with E-state index in [2.05, 4.69) is 20.6 Å². The number of ether oxygens (including phenoxy) is 2. The lowest BCUT2D eigenvalue weighted by Crippen LogP contribution is -2.47. The van der Waals surface area contributed by atoms with Crippen molar-refractivity contribution in [1.29, 1.82) is 0 Å². The molecule has 3 aliphatic rings. The number of fused-ring (bicyclic) bond motifs is 1. The summed E-state index contributed by atoms with van der Waals surface area (Å²) in [5.74, 6) is 0.614. The molecular formula is C36H39FN6O4. The van der Waals surface area contributed by atoms with E-state index in [0.717, 1.165) is 37.7 Å². The predicted octanol–water partition coefficient (Wildman–Crippen LogP) is 7.48. The number of nitrogens with zero attached hydrogens (tertiary/aromatic N) is 4. The van der Waals surface area contributed by atoms with Gasteiger partial charge >= 0.3 is 6.09 Å². The number of aromatic nitrogens is 3. The molecule has 244 valence electrons. The number of piperidine rings is 1. The highest BCUT2D eigenvalue weighted by molar-refractivity contribution is 6.06. The van der Waals surface area contributed by atoms with Crippen LogP contribution in [0.1, 0.15) is 58.4 Å². The maximum atomic E-state index is 15.1. The Balaban J connectivity index is 1.12. The molecule has 0 bridgehead atoms. The van der Waals surface area contributed by atoms with E-state index in [9.17, 15) is 9.59 Å². The van der Waals surface area contributed by atoms with Crippen molar-refractivity contribution in [2.75, 3.05) is 23.7 Å². The van der Waals surface area contributed by atoms with E-state index in [1.54, 1.807) is 35.5 Å². The Bertz CT molecular complexity index is 1870. The van der Waals surface area contributed by atoms with Crippen LogP contribution in [-0.4, -0.2) is 56.6 Å². The van der Waals surface area contributed by atoms with Crippen LogP contribution in [0.5, 0.6) is 11.6 Å². The molecule has 2 atom stereocenters. The minimum Gasteiger partial charge on any atom is -0.444 e. The van der Waals surface area contributed by atoms with Gasteiger partial charge in [0.15, 0.2) is 0 Å². The molecule has 3 heterocycles. The van der Waals surface area contributed by atoms with Gasteiger partial charge in [-0.1, -0.05) is 12.1 Å². The normalized spacial score (nSPS) is 19.7. The van der Waals surface area contributed by atoms with Gasteiger partial charge in [0.1, 0.15) is 17.2 Å². The van der Waals surface area contributed by atoms with Gasteiger partial charge in [-0.05, 0) is 101 Å². The largest absolute Gasteiger partial charge is 0.444 e. The number of pyridine rings is 1. The molecule has 10 nitrogen and oxygen atoms in total. The van der Waals surface area contributed by atoms with Crippen LogP contribution in [0.15, 0.2) is 54.9 Å². The second-order valence-corrected chi connectivity index (χ2v) is 14.0. The fourth-order valence-corrected chi connectivity index (χ4v) is 6.48. The first kappa shape index (κ1) is 30.8. The number of anilines is 2. The zero-order valence-corrected chi connectivity index (χ0v) is 27.1. The van der Waals surface area contributed by atoms with E-state index in [-0.39, 0.29) is 35.1 Å². The summed E-state index contributed by atoms with van der Waals surface area (Å²) in [6, 6.07) is 12.1. The van der Waals surface area contributed by atoms with Crippen LogP contribution in [-0.2, 0) is 9.53 Å². The predicted molar refractivity (Wildman–Crippen MR) is 177 cm³/mol. The summed E-state index contributed by atoms with van der Waals surface area (Å²) in [4.78, 5) is 41.1. The second-order valence-electron chi connectivity index (χ2n) is 14.0. The molecule has 11 heteroatoms. The summed E-state index contributed by atoms with van der Waals surface area (Å²) in [5.41, 5.74) is 1.84. The van der Waals surface area contributed by atoms with Crippen molar-refractivity contribution in [3.05, 3.63) is 66.2 Å². The monoisotopic (exact) mass is 638 g/mol. The van der Waals surface area contributed by atoms with Crippen LogP contribution in [0.4, 0.5) is 20.8 Å². The lowest BCUT2D eigenvalue weighted by molar-refractivity contribution is -0.117. The molecule has 1 aliphatic heterocycles. The van der Waals surface area contributed by atoms with Gasteiger partial charge in [0, 0.05) is 48.2 Å². The first-order valence-corrected chi connectivity index (χ1v) is 16.2. The molecule has 2 N–H and O–H groups in total. The van der Waals surface area contributed by atoms with Crippen LogP contribution in [0.3, 0.4) is 0 Å². The third-order valence-electron chi connectivity index (χ3n) is 9.25. The van der Waals surface area contributed by atoms with Crippen molar-refractivity contribution in [2.24, 2.45) is 11.3 Å². The third-order valence-corrected chi connectivity index (χ3v) is 9.25. The van der Waals surface area contributed by atoms with Crippen molar-refractivity contribution < 1.29 is 23.5 Å². The molecule has 2 aromatic carbocycles. The summed E-state index contributed by atoms with van der Waals surface area (Å²) in [5, 5.41) is 7.48. The van der Waals surface area contributed by atoms with E-state index in [4.69, 9.17) is 14.5 Å². The van der Waals surface area contributed by atoms with Crippen molar-refractivity contribution in [3.8, 4) is 22.9 Å². The van der Waals surface area contributed by atoms with E-state index < -0.39 is 11.4 Å². The Hall–Kier alpha value is -4.80. The number of halogens is 1. The highest BCUT2D eigenvalue weighted by Crippen LogP contribution is 2.70. The zero-order valence-electron chi connectivity index (χ0n) is 27.1. The first-order chi connectivity index (χ1) is 22.5. The SMILES string of the molecule is Cc1ccc2c(NC(=O)[C@@H]3CC34CC4)c(F)ccc2c1Oc1ncccc1-c1ccnc(NC2CCCN(C(=O)OC(C)(C)C)C2)n1. The standard InChI is InChI=1S/C36H39FN6O4/c1-21-9-10-23-24(11-12-27(37)29(23)42-31(44)26-19-36(26)14-15-36)30(21)46-32-25(8-5-16-38-32)28-13-17-39-33(41-28)40-22-7-6-18-43(20-22)34(45)47-35(2,3)4/h5,8-13,16-17,22,26H,6-7,14-15,18-20H2,1-4H3,(H,42,44)(H,39,40,41)/t22?,26-/m0/s1. The molecule has 1 saturated heterocycles. The van der Waals surface area contributed by atoms with Crippen LogP contribution >= 0.6 is 0 Å². The van der Waals surface area contributed by atoms with E-state index in [1.807, 2.05) is 45.9 Å². The zero-order chi connectivity index (χ0) is 32.9. The minimum atomic E-state index is -0.563. The number of likely N-dealkylation sites (tertiary alicyclic amines) is 1. The number of nitrogens with one attached hydrogen (secondary N) is 2. The maximum absolute atomic E-state index is 15.1. The van der Waals surface area contributed by atoms with Gasteiger partial charge in [-0.2, -0.15) is 0 Å². The molecule has 2 amide bonds. The van der Waals surface area contributed by atoms with E-state index >= 15 is 4.39 Å². The maximum Gasteiger partial charge on any atom is 0.410 e. The number of carbonyl (C=O) groups is 2. The number of amides is 2. The van der Waals surface area contributed by atoms with Crippen molar-refractivity contribution in [2.45, 2.75) is 71.4 Å². The van der Waals surface area contributed by atoms with Gasteiger partial charge in [0.05, 0.1) is 16.9 Å². The third kappa shape index (κ3) is 6.43. The Morgan fingerprint density at radius 2 is 1.85 bits per heavy atom. The average molecular weight is 639 g/mol. The molecule has 2 aromatic heterocycles. The smallest absolute Gasteiger partial charge is 0.410 e. The van der Waals surface area contributed by atoms with Gasteiger partial charge in [-0.15, -0.1) is 0 Å². The molecule has 4 aromatic rings. The van der Waals surface area contributed by atoms with Gasteiger partial charge < -0.3 is 25.0 Å². The highest BCUT2D eigenvalue weighted by atomic mass is 19.1. The number of hydrogen-bond acceptors (Lipinski definition) is 8. The van der Waals surface area contributed by atoms with Crippen molar-refractivity contribution in [1.82, 2.24) is 19.9 Å². The van der Waals surface area contributed by atoms with Crippen LogP contribution in [0, 0.1) is 24.1 Å². The molecule has 2 saturated carbocycles. The van der Waals surface area contributed by atoms with Crippen LogP contribution in [0.25, 0.3) is 22.0 Å². The molecular weight excluding hydrogens is 599 g/mol. The number of benzene rings is 2. The van der Waals surface area contributed by atoms with Crippen molar-refractivity contribution >= 4 is 34.4 Å². The molecule has 2 aliphatic carbocycles. The number of rotatable bonds is 7. The minimum absolute atomic E-state index is 0.0383. The Kier molecular flexibility index (Phi) is 7.72. The second kappa shape index (κ2) is 11.8. The summed E-state index contributed by atoms with van der Waals surface area (Å²) < 4.78 is 27.2. The summed E-state index contributed by atoms with van der Waals surface area (Å²) in [7, 11) is 0. The fraction of sp³-hybridized carbons (Fsp3) is 0.417. The Labute approximate surface area is 273 Å². The highest BCUT2D eigenvalue weighted by Gasteiger charge is 2.65. The van der Waals surface area contributed by atoms with Gasteiger partial charge in [0.2, 0.25) is 17.7 Å². The van der Waals surface area contributed by atoms with E-state index in [1.165, 1.54) is 6.07 Å². The number of carbonyl (C=O) groups excluding carboxylic acids is 2. The van der Waals surface area contributed by atoms with Crippen molar-refractivity contribution in [3.63, 3.8) is 0 Å². The fourth-order valence-electron chi connectivity index (χ4n) is 6.48. The molecule has 0 radical (unpaired) electrons. The number of hydrogen-bond donors (Lipinski definition) is 2. The molecule has 1 spiro atoms. The van der Waals surface area contributed by atoms with Gasteiger partial charge in [-0.3, -0.25) is 4.79 Å². The summed E-state index contributed by atoms with van der Waals surface area (Å²) in [6.07, 6.45) is 7.70. The topological polar surface area (TPSA) is 119 Å². The molecule has 1 unspecified atom stereocenters. The number of aryl methyl sites for hydroxylation is 1. The quantitative estimate of drug-likeness (QED) is 0.214. The van der Waals surface area contributed by atoms with E-state index in [0.29, 0.717) is 52.7 Å². The summed E-state index contributed by atoms with van der Waals surface area (Å²) >= 11 is 0. The summed E-state index contributed by atoms with van der Waals surface area (Å²) in [6.45, 7) is 8.61. The van der Waals surface area contributed by atoms with Gasteiger partial charge in [0.25, 0.3) is 0 Å². The molecule has 7 rings (SSSR count). The van der Waals surface area contributed by atoms with Crippen LogP contribution in [0.2, 0.25) is 0 Å². The Morgan fingerprint density at radius 1 is 1.04 bits per heavy atom. The van der Waals surface area contributed by atoms with Gasteiger partial charge in [-0.25, -0.2) is 24.1 Å². The lowest BCUT2D eigenvalue weighted by Gasteiger charge is -2.34. The molecule has 47 heavy (non-hydrogen) atoms. The Morgan fingerprint density at radius 3 is 2.62 bits per heavy atom. The average Bonchev–Trinajstić information content (AvgIpc) is 3.97.